The van der Waals surface area contributed by atoms with Gasteiger partial charge in [-0.1, -0.05) is 10.2 Å². The normalized spacial score (nSPS) is 17.0. The van der Waals surface area contributed by atoms with Crippen molar-refractivity contribution in [2.45, 2.75) is 6.03 Å². The third-order valence-corrected chi connectivity index (χ3v) is 1.73. The number of nitrogens with one attached hydrogen (secondary N) is 1. The summed E-state index contributed by atoms with van der Waals surface area (Å²) in [6.07, 6.45) is 0. The van der Waals surface area contributed by atoms with Gasteiger partial charge in [0, 0.05) is 0 Å². The first kappa shape index (κ1) is 7.28. The van der Waals surface area contributed by atoms with Gasteiger partial charge in [0.05, 0.1) is 0 Å². The van der Waals surface area contributed by atoms with E-state index in [-0.39, 0.29) is 11.9 Å². The molecule has 0 aliphatic carbocycles. The second-order valence-corrected chi connectivity index (χ2v) is 2.55. The van der Waals surface area contributed by atoms with Crippen LogP contribution in [0.2, 0.25) is 0 Å². The summed E-state index contributed by atoms with van der Waals surface area (Å²) < 4.78 is 1.46. The molecule has 72 valence electrons. The Hall–Kier alpha value is -2.14. The van der Waals surface area contributed by atoms with Gasteiger partial charge in [0.1, 0.15) is 0 Å². The van der Waals surface area contributed by atoms with E-state index in [1.807, 2.05) is 0 Å². The highest BCUT2D eigenvalue weighted by molar-refractivity contribution is 5.43. The fourth-order valence-electron chi connectivity index (χ4n) is 1.12. The number of aliphatic hydroxyl groups is 2. The highest BCUT2D eigenvalue weighted by Crippen LogP contribution is 2.24. The van der Waals surface area contributed by atoms with E-state index in [1.165, 1.54) is 0 Å². The molecule has 0 amide bonds. The van der Waals surface area contributed by atoms with E-state index in [9.17, 15) is 10.2 Å². The summed E-state index contributed by atoms with van der Waals surface area (Å²) in [6, 6.07) is -2.50. The minimum Gasteiger partial charge on any atom is -0.328 e. The average molecular weight is 197 g/mol. The summed E-state index contributed by atoms with van der Waals surface area (Å²) in [7, 11) is 0. The van der Waals surface area contributed by atoms with Crippen LogP contribution < -0.4 is 5.32 Å². The molecule has 0 spiro atoms. The predicted molar refractivity (Wildman–Crippen MR) is 36.7 cm³/mol. The molecule has 1 aliphatic rings. The van der Waals surface area contributed by atoms with Crippen molar-refractivity contribution in [3.05, 3.63) is 0 Å². The second kappa shape index (κ2) is 2.02. The van der Waals surface area contributed by atoms with Crippen molar-refractivity contribution in [2.75, 3.05) is 5.32 Å². The van der Waals surface area contributed by atoms with Crippen LogP contribution in [-0.4, -0.2) is 50.6 Å². The van der Waals surface area contributed by atoms with Crippen LogP contribution in [0.25, 0.3) is 0 Å². The monoisotopic (exact) mass is 197 g/mol. The number of anilines is 2. The van der Waals surface area contributed by atoms with E-state index in [0.717, 1.165) is 9.36 Å². The summed E-state index contributed by atoms with van der Waals surface area (Å²) in [5.74, 6) is 0.0783. The molecule has 3 rings (SSSR count). The maximum Gasteiger partial charge on any atom is 0.385 e. The molecule has 11 heteroatoms. The molecule has 3 N–H and O–H groups in total. The number of rotatable bonds is 0. The minimum absolute atomic E-state index is 0.0392. The van der Waals surface area contributed by atoms with E-state index < -0.39 is 6.03 Å². The first-order valence-electron chi connectivity index (χ1n) is 3.49. The third-order valence-electron chi connectivity index (χ3n) is 1.73. The first-order valence-corrected chi connectivity index (χ1v) is 3.49. The summed E-state index contributed by atoms with van der Waals surface area (Å²) >= 11 is 0. The van der Waals surface area contributed by atoms with E-state index in [0.29, 0.717) is 0 Å². The number of fused-ring (bicyclic) bond motifs is 2. The second-order valence-electron chi connectivity index (χ2n) is 2.55. The molecule has 2 aromatic heterocycles. The van der Waals surface area contributed by atoms with Gasteiger partial charge in [0.15, 0.2) is 0 Å². The Morgan fingerprint density at radius 1 is 1.00 bits per heavy atom. The lowest BCUT2D eigenvalue weighted by Gasteiger charge is -2.25. The van der Waals surface area contributed by atoms with Crippen molar-refractivity contribution < 1.29 is 10.2 Å². The van der Waals surface area contributed by atoms with Crippen molar-refractivity contribution in [2.24, 2.45) is 0 Å². The van der Waals surface area contributed by atoms with E-state index in [2.05, 4.69) is 36.4 Å². The van der Waals surface area contributed by atoms with Gasteiger partial charge >= 0.3 is 6.03 Å². The van der Waals surface area contributed by atoms with Crippen LogP contribution in [0.5, 0.6) is 0 Å². The number of hydrogen-bond acceptors (Lipinski definition) is 9. The predicted octanol–water partition coefficient (Wildman–Crippen LogP) is -3.18. The van der Waals surface area contributed by atoms with Gasteiger partial charge in [-0.2, -0.15) is 0 Å². The smallest absolute Gasteiger partial charge is 0.328 e. The first-order chi connectivity index (χ1) is 6.69. The van der Waals surface area contributed by atoms with Crippen molar-refractivity contribution >= 4 is 11.9 Å². The molecule has 1 aliphatic heterocycles. The Balaban J connectivity index is 2.29. The Labute approximate surface area is 75.0 Å². The third kappa shape index (κ3) is 0.675. The number of nitrogens with zero attached hydrogens (tertiary/aromatic N) is 8. The van der Waals surface area contributed by atoms with Gasteiger partial charge in [-0.3, -0.25) is 5.32 Å². The largest absolute Gasteiger partial charge is 0.385 e. The summed E-state index contributed by atoms with van der Waals surface area (Å²) in [6.45, 7) is 0. The zero-order valence-corrected chi connectivity index (χ0v) is 6.47. The van der Waals surface area contributed by atoms with Crippen molar-refractivity contribution in [1.29, 1.82) is 0 Å². The molecule has 0 unspecified atom stereocenters. The maximum atomic E-state index is 9.61. The lowest BCUT2D eigenvalue weighted by molar-refractivity contribution is -0.265. The maximum absolute atomic E-state index is 9.61. The van der Waals surface area contributed by atoms with Gasteiger partial charge in [-0.05, 0) is 20.9 Å². The van der Waals surface area contributed by atoms with Crippen LogP contribution in [0.15, 0.2) is 0 Å². The van der Waals surface area contributed by atoms with Gasteiger partial charge in [-0.15, -0.1) is 9.36 Å². The van der Waals surface area contributed by atoms with Crippen LogP contribution in [0.1, 0.15) is 0 Å². The Bertz CT molecular complexity index is 441. The molecule has 0 atom stereocenters. The summed E-state index contributed by atoms with van der Waals surface area (Å²) in [5, 5.41) is 42.0. The van der Waals surface area contributed by atoms with Crippen LogP contribution in [-0.2, 0) is 6.03 Å². The molecule has 0 bridgehead atoms. The Morgan fingerprint density at radius 2 is 1.50 bits per heavy atom. The van der Waals surface area contributed by atoms with Crippen molar-refractivity contribution in [3.8, 4) is 0 Å². The highest BCUT2D eigenvalue weighted by atomic mass is 16.6. The standard InChI is InChI=1S/C3H3N9O2/c13-3(14)11-1(5-7-9-11)4-2-6-8-10-12(2)3/h13-14H,(H,4,5,6,9,10). The fraction of sp³-hybridized carbons (Fsp3) is 0.333. The van der Waals surface area contributed by atoms with E-state index in [1.54, 1.807) is 0 Å². The molecule has 0 aromatic carbocycles. The Kier molecular flexibility index (Phi) is 1.05. The van der Waals surface area contributed by atoms with Gasteiger partial charge in [0.25, 0.3) is 11.9 Å². The molecule has 14 heavy (non-hydrogen) atoms. The van der Waals surface area contributed by atoms with Crippen LogP contribution in [0.4, 0.5) is 11.9 Å². The molecule has 0 fully saturated rings. The van der Waals surface area contributed by atoms with Crippen molar-refractivity contribution in [3.63, 3.8) is 0 Å². The lowest BCUT2D eigenvalue weighted by atomic mass is 10.6. The molecule has 3 heterocycles. The highest BCUT2D eigenvalue weighted by Gasteiger charge is 2.41. The number of tetrazole rings is 2. The van der Waals surface area contributed by atoms with Gasteiger partial charge in [0.2, 0.25) is 0 Å². The molecule has 11 nitrogen and oxygen atoms in total. The minimum atomic E-state index is -2.50. The zero-order valence-electron chi connectivity index (χ0n) is 6.47. The number of hydrogen-bond donors (Lipinski definition) is 3. The van der Waals surface area contributed by atoms with Crippen molar-refractivity contribution in [1.82, 2.24) is 40.4 Å². The molecule has 0 radical (unpaired) electrons. The fourth-order valence-corrected chi connectivity index (χ4v) is 1.12. The SMILES string of the molecule is OC1(O)n2nnnc2Nc2nnnn21. The molecular formula is C3H3N9O2. The number of aromatic nitrogens is 8. The van der Waals surface area contributed by atoms with E-state index in [4.69, 9.17) is 0 Å². The van der Waals surface area contributed by atoms with E-state index >= 15 is 0 Å². The topological polar surface area (TPSA) is 140 Å². The van der Waals surface area contributed by atoms with Gasteiger partial charge in [-0.25, -0.2) is 0 Å². The molecule has 0 saturated carbocycles. The Morgan fingerprint density at radius 3 is 2.00 bits per heavy atom. The lowest BCUT2D eigenvalue weighted by Crippen LogP contribution is -2.46. The molecule has 0 saturated heterocycles. The van der Waals surface area contributed by atoms with Crippen LogP contribution >= 0.6 is 0 Å². The molecular weight excluding hydrogens is 194 g/mol. The van der Waals surface area contributed by atoms with Crippen LogP contribution in [0.3, 0.4) is 0 Å². The quantitative estimate of drug-likeness (QED) is 0.372. The summed E-state index contributed by atoms with van der Waals surface area (Å²) in [5.41, 5.74) is 0. The molecule has 2 aromatic rings. The average Bonchev–Trinajstić information content (AvgIpc) is 2.71. The summed E-state index contributed by atoms with van der Waals surface area (Å²) in [4.78, 5) is 0. The van der Waals surface area contributed by atoms with Crippen LogP contribution in [0, 0.1) is 0 Å². The van der Waals surface area contributed by atoms with Gasteiger partial charge < -0.3 is 10.2 Å². The zero-order chi connectivity index (χ0) is 9.76.